The molecule has 0 bridgehead atoms. The molecule has 19 heavy (non-hydrogen) atoms. The van der Waals surface area contributed by atoms with E-state index in [9.17, 15) is 9.59 Å². The average Bonchev–Trinajstić information content (AvgIpc) is 2.71. The molecule has 102 valence electrons. The Bertz CT molecular complexity index is 470. The Morgan fingerprint density at radius 3 is 2.74 bits per heavy atom. The summed E-state index contributed by atoms with van der Waals surface area (Å²) in [6.45, 7) is 3.07. The summed E-state index contributed by atoms with van der Waals surface area (Å²) in [4.78, 5) is 24.1. The second kappa shape index (κ2) is 5.73. The number of rotatable bonds is 5. The molecule has 0 aromatic heterocycles. The van der Waals surface area contributed by atoms with Crippen LogP contribution in [0, 0.1) is 6.92 Å². The van der Waals surface area contributed by atoms with Gasteiger partial charge < -0.3 is 15.3 Å². The minimum absolute atomic E-state index is 0.0371. The van der Waals surface area contributed by atoms with Gasteiger partial charge >= 0.3 is 12.0 Å². The molecule has 0 spiro atoms. The second-order valence-corrected chi connectivity index (χ2v) is 4.89. The predicted octanol–water partition coefficient (Wildman–Crippen LogP) is 1.75. The molecule has 1 unspecified atom stereocenters. The number of nitrogens with zero attached hydrogens (tertiary/aromatic N) is 1. The van der Waals surface area contributed by atoms with Crippen LogP contribution < -0.4 is 5.32 Å². The van der Waals surface area contributed by atoms with Crippen molar-refractivity contribution >= 4 is 12.0 Å². The number of carboxylic acid groups (broad SMARTS) is 1. The summed E-state index contributed by atoms with van der Waals surface area (Å²) in [6, 6.07) is 7.86. The van der Waals surface area contributed by atoms with Crippen LogP contribution >= 0.6 is 0 Å². The molecule has 0 saturated carbocycles. The van der Waals surface area contributed by atoms with E-state index in [4.69, 9.17) is 5.11 Å². The van der Waals surface area contributed by atoms with Crippen LogP contribution in [0.25, 0.3) is 0 Å². The highest BCUT2D eigenvalue weighted by molar-refractivity contribution is 5.77. The Balaban J connectivity index is 2.01. The highest BCUT2D eigenvalue weighted by Gasteiger charge is 2.30. The molecule has 2 rings (SSSR count). The van der Waals surface area contributed by atoms with Crippen molar-refractivity contribution in [3.05, 3.63) is 35.4 Å². The first-order valence-corrected chi connectivity index (χ1v) is 6.38. The monoisotopic (exact) mass is 262 g/mol. The van der Waals surface area contributed by atoms with E-state index in [1.165, 1.54) is 5.56 Å². The molecule has 2 amide bonds. The molecule has 5 heteroatoms. The minimum Gasteiger partial charge on any atom is -0.481 e. The van der Waals surface area contributed by atoms with Gasteiger partial charge in [-0.3, -0.25) is 4.79 Å². The number of urea groups is 1. The number of nitrogens with one attached hydrogen (secondary N) is 1. The first kappa shape index (κ1) is 13.4. The third-order valence-electron chi connectivity index (χ3n) is 3.36. The third-order valence-corrected chi connectivity index (χ3v) is 3.36. The quantitative estimate of drug-likeness (QED) is 0.849. The molecular formula is C14H18N2O3. The van der Waals surface area contributed by atoms with Crippen molar-refractivity contribution in [1.29, 1.82) is 0 Å². The SMILES string of the molecule is Cc1ccc(CN2C(=O)NCC2CCC(=O)O)cc1. The summed E-state index contributed by atoms with van der Waals surface area (Å²) in [5.74, 6) is -0.824. The van der Waals surface area contributed by atoms with Crippen molar-refractivity contribution in [2.75, 3.05) is 6.54 Å². The third kappa shape index (κ3) is 3.47. The number of aryl methyl sites for hydroxylation is 1. The Hall–Kier alpha value is -2.04. The number of aliphatic carboxylic acids is 1. The lowest BCUT2D eigenvalue weighted by Crippen LogP contribution is -2.34. The van der Waals surface area contributed by atoms with E-state index in [0.29, 0.717) is 19.5 Å². The molecule has 1 heterocycles. The Morgan fingerprint density at radius 2 is 2.11 bits per heavy atom. The lowest BCUT2D eigenvalue weighted by Gasteiger charge is -2.22. The summed E-state index contributed by atoms with van der Waals surface area (Å²) in [5.41, 5.74) is 2.24. The highest BCUT2D eigenvalue weighted by Crippen LogP contribution is 2.17. The van der Waals surface area contributed by atoms with E-state index >= 15 is 0 Å². The van der Waals surface area contributed by atoms with Crippen LogP contribution in [0.2, 0.25) is 0 Å². The van der Waals surface area contributed by atoms with Gasteiger partial charge in [0.1, 0.15) is 0 Å². The molecule has 1 aromatic rings. The van der Waals surface area contributed by atoms with Gasteiger partial charge in [-0.1, -0.05) is 29.8 Å². The lowest BCUT2D eigenvalue weighted by atomic mass is 10.1. The molecule has 2 N–H and O–H groups in total. The van der Waals surface area contributed by atoms with Gasteiger partial charge in [0.15, 0.2) is 0 Å². The molecular weight excluding hydrogens is 244 g/mol. The second-order valence-electron chi connectivity index (χ2n) is 4.89. The fourth-order valence-corrected chi connectivity index (χ4v) is 2.22. The Kier molecular flexibility index (Phi) is 4.04. The van der Waals surface area contributed by atoms with Gasteiger partial charge in [0.2, 0.25) is 0 Å². The summed E-state index contributed by atoms with van der Waals surface area (Å²) < 4.78 is 0. The number of hydrogen-bond acceptors (Lipinski definition) is 2. The number of carbonyl (C=O) groups is 2. The van der Waals surface area contributed by atoms with Gasteiger partial charge in [0.25, 0.3) is 0 Å². The Morgan fingerprint density at radius 1 is 1.42 bits per heavy atom. The molecule has 5 nitrogen and oxygen atoms in total. The molecule has 0 aliphatic carbocycles. The van der Waals surface area contributed by atoms with E-state index in [1.54, 1.807) is 4.90 Å². The van der Waals surface area contributed by atoms with Gasteiger partial charge in [0.05, 0.1) is 6.04 Å². The zero-order chi connectivity index (χ0) is 13.8. The first-order chi connectivity index (χ1) is 9.06. The summed E-state index contributed by atoms with van der Waals surface area (Å²) in [6.07, 6.45) is 0.573. The fraction of sp³-hybridized carbons (Fsp3) is 0.429. The number of hydrogen-bond donors (Lipinski definition) is 2. The zero-order valence-corrected chi connectivity index (χ0v) is 10.9. The molecule has 0 radical (unpaired) electrons. The standard InChI is InChI=1S/C14H18N2O3/c1-10-2-4-11(5-3-10)9-16-12(6-7-13(17)18)8-15-14(16)19/h2-5,12H,6-9H2,1H3,(H,15,19)(H,17,18). The molecule has 1 fully saturated rings. The highest BCUT2D eigenvalue weighted by atomic mass is 16.4. The lowest BCUT2D eigenvalue weighted by molar-refractivity contribution is -0.137. The first-order valence-electron chi connectivity index (χ1n) is 6.38. The number of benzene rings is 1. The van der Waals surface area contributed by atoms with E-state index in [0.717, 1.165) is 5.56 Å². The van der Waals surface area contributed by atoms with Crippen molar-refractivity contribution in [2.24, 2.45) is 0 Å². The fourth-order valence-electron chi connectivity index (χ4n) is 2.22. The van der Waals surface area contributed by atoms with Crippen LogP contribution in [-0.2, 0) is 11.3 Å². The topological polar surface area (TPSA) is 69.6 Å². The van der Waals surface area contributed by atoms with Gasteiger partial charge in [0, 0.05) is 19.5 Å². The van der Waals surface area contributed by atoms with Crippen molar-refractivity contribution in [2.45, 2.75) is 32.4 Å². The normalized spacial score (nSPS) is 18.5. The van der Waals surface area contributed by atoms with E-state index in [2.05, 4.69) is 5.32 Å². The molecule has 1 aliphatic heterocycles. The summed E-state index contributed by atoms with van der Waals surface area (Å²) in [7, 11) is 0. The molecule has 1 atom stereocenters. The number of carboxylic acids is 1. The van der Waals surface area contributed by atoms with Crippen molar-refractivity contribution in [1.82, 2.24) is 10.2 Å². The van der Waals surface area contributed by atoms with Crippen LogP contribution in [0.15, 0.2) is 24.3 Å². The molecule has 1 saturated heterocycles. The van der Waals surface area contributed by atoms with Crippen LogP contribution in [-0.4, -0.2) is 34.6 Å². The Labute approximate surface area is 112 Å². The summed E-state index contributed by atoms with van der Waals surface area (Å²) >= 11 is 0. The maximum Gasteiger partial charge on any atom is 0.318 e. The van der Waals surface area contributed by atoms with Crippen molar-refractivity contribution in [3.8, 4) is 0 Å². The average molecular weight is 262 g/mol. The maximum atomic E-state index is 11.8. The summed E-state index contributed by atoms with van der Waals surface area (Å²) in [5, 5.41) is 11.5. The molecule has 1 aromatic carbocycles. The van der Waals surface area contributed by atoms with Crippen LogP contribution in [0.4, 0.5) is 4.79 Å². The zero-order valence-electron chi connectivity index (χ0n) is 10.9. The van der Waals surface area contributed by atoms with Gasteiger partial charge in [-0.15, -0.1) is 0 Å². The van der Waals surface area contributed by atoms with Crippen LogP contribution in [0.5, 0.6) is 0 Å². The van der Waals surface area contributed by atoms with Crippen LogP contribution in [0.3, 0.4) is 0 Å². The van der Waals surface area contributed by atoms with E-state index in [-0.39, 0.29) is 18.5 Å². The maximum absolute atomic E-state index is 11.8. The van der Waals surface area contributed by atoms with Gasteiger partial charge in [-0.05, 0) is 18.9 Å². The van der Waals surface area contributed by atoms with Crippen molar-refractivity contribution < 1.29 is 14.7 Å². The number of carbonyl (C=O) groups excluding carboxylic acids is 1. The number of amides is 2. The van der Waals surface area contributed by atoms with Gasteiger partial charge in [-0.2, -0.15) is 0 Å². The molecule has 1 aliphatic rings. The van der Waals surface area contributed by atoms with E-state index in [1.807, 2.05) is 31.2 Å². The van der Waals surface area contributed by atoms with Crippen molar-refractivity contribution in [3.63, 3.8) is 0 Å². The largest absolute Gasteiger partial charge is 0.481 e. The minimum atomic E-state index is -0.824. The van der Waals surface area contributed by atoms with Crippen LogP contribution in [0.1, 0.15) is 24.0 Å². The predicted molar refractivity (Wildman–Crippen MR) is 70.8 cm³/mol. The smallest absolute Gasteiger partial charge is 0.318 e. The van der Waals surface area contributed by atoms with E-state index < -0.39 is 5.97 Å². The van der Waals surface area contributed by atoms with Gasteiger partial charge in [-0.25, -0.2) is 4.79 Å².